The molecule has 7 nitrogen and oxygen atoms in total. The Balaban J connectivity index is 1.47. The smallest absolute Gasteiger partial charge is 0.282 e. The molecule has 0 aromatic heterocycles. The first kappa shape index (κ1) is 25.2. The van der Waals surface area contributed by atoms with Crippen LogP contribution in [0.15, 0.2) is 94.7 Å². The van der Waals surface area contributed by atoms with E-state index in [1.54, 1.807) is 30.3 Å². The Labute approximate surface area is 229 Å². The highest BCUT2D eigenvalue weighted by Crippen LogP contribution is 2.58. The number of fused-ring (bicyclic) bond motifs is 4. The number of thioether (sulfide) groups is 1. The fourth-order valence-electron chi connectivity index (χ4n) is 5.97. The fourth-order valence-corrected chi connectivity index (χ4v) is 8.46. The SMILES string of the molecule is NS(=O)(=O)c1ccc2c(c1)[C@@H]1[C@H](Cl)[C@H](Sc3ccccc3[N+](=O)[O-])C[C@@H]1[C@H](c1cccc3ccccc13)N2. The lowest BCUT2D eigenvalue weighted by molar-refractivity contribution is -0.387. The summed E-state index contributed by atoms with van der Waals surface area (Å²) in [6.45, 7) is 0. The molecule has 0 amide bonds. The average molecular weight is 566 g/mol. The van der Waals surface area contributed by atoms with Gasteiger partial charge in [0.15, 0.2) is 0 Å². The highest BCUT2D eigenvalue weighted by molar-refractivity contribution is 8.00. The van der Waals surface area contributed by atoms with Crippen LogP contribution < -0.4 is 10.5 Å². The molecule has 1 saturated carbocycles. The molecule has 4 aromatic carbocycles. The first-order chi connectivity index (χ1) is 18.2. The van der Waals surface area contributed by atoms with Crippen molar-refractivity contribution in [1.82, 2.24) is 0 Å². The van der Waals surface area contributed by atoms with Crippen molar-refractivity contribution < 1.29 is 13.3 Å². The molecule has 3 N–H and O–H groups in total. The molecule has 0 radical (unpaired) electrons. The van der Waals surface area contributed by atoms with Gasteiger partial charge in [0.1, 0.15) is 0 Å². The van der Waals surface area contributed by atoms with Crippen molar-refractivity contribution in [2.75, 3.05) is 5.32 Å². The van der Waals surface area contributed by atoms with Gasteiger partial charge < -0.3 is 5.32 Å². The summed E-state index contributed by atoms with van der Waals surface area (Å²) in [7, 11) is -3.91. The van der Waals surface area contributed by atoms with Gasteiger partial charge in [-0.2, -0.15) is 0 Å². The van der Waals surface area contributed by atoms with Crippen molar-refractivity contribution >= 4 is 55.5 Å². The topological polar surface area (TPSA) is 115 Å². The molecule has 194 valence electrons. The van der Waals surface area contributed by atoms with E-state index in [1.165, 1.54) is 23.9 Å². The summed E-state index contributed by atoms with van der Waals surface area (Å²) in [5.41, 5.74) is 2.82. The molecule has 38 heavy (non-hydrogen) atoms. The largest absolute Gasteiger partial charge is 0.378 e. The van der Waals surface area contributed by atoms with Crippen LogP contribution in [-0.2, 0) is 10.0 Å². The van der Waals surface area contributed by atoms with E-state index in [0.29, 0.717) is 11.3 Å². The summed E-state index contributed by atoms with van der Waals surface area (Å²) < 4.78 is 24.4. The maximum Gasteiger partial charge on any atom is 0.282 e. The molecule has 10 heteroatoms. The van der Waals surface area contributed by atoms with Crippen LogP contribution in [0.1, 0.15) is 29.5 Å². The van der Waals surface area contributed by atoms with Crippen LogP contribution in [0.4, 0.5) is 11.4 Å². The van der Waals surface area contributed by atoms with Gasteiger partial charge in [0.2, 0.25) is 10.0 Å². The third-order valence-electron chi connectivity index (χ3n) is 7.61. The van der Waals surface area contributed by atoms with Gasteiger partial charge in [-0.25, -0.2) is 13.6 Å². The second-order valence-corrected chi connectivity index (χ2v) is 13.1. The van der Waals surface area contributed by atoms with E-state index in [9.17, 15) is 18.5 Å². The second kappa shape index (κ2) is 9.57. The molecule has 6 rings (SSSR count). The van der Waals surface area contributed by atoms with E-state index in [-0.39, 0.29) is 44.0 Å². The number of halogens is 1. The van der Waals surface area contributed by atoms with E-state index in [4.69, 9.17) is 16.7 Å². The van der Waals surface area contributed by atoms with Gasteiger partial charge in [0.05, 0.1) is 26.1 Å². The van der Waals surface area contributed by atoms with Crippen LogP contribution in [0.2, 0.25) is 0 Å². The van der Waals surface area contributed by atoms with Gasteiger partial charge in [-0.3, -0.25) is 10.1 Å². The van der Waals surface area contributed by atoms with Crippen LogP contribution >= 0.6 is 23.4 Å². The summed E-state index contributed by atoms with van der Waals surface area (Å²) >= 11 is 8.62. The van der Waals surface area contributed by atoms with Crippen molar-refractivity contribution in [2.45, 2.75) is 38.8 Å². The van der Waals surface area contributed by atoms with Crippen LogP contribution in [0.25, 0.3) is 10.8 Å². The third kappa shape index (κ3) is 4.33. The number of alkyl halides is 1. The Morgan fingerprint density at radius 3 is 2.50 bits per heavy atom. The van der Waals surface area contributed by atoms with Crippen molar-refractivity contribution in [2.24, 2.45) is 11.1 Å². The summed E-state index contributed by atoms with van der Waals surface area (Å²) in [5.74, 6) is -0.161. The highest BCUT2D eigenvalue weighted by atomic mass is 35.5. The fraction of sp³-hybridized carbons (Fsp3) is 0.214. The number of nitro groups is 1. The van der Waals surface area contributed by atoms with Crippen LogP contribution in [0.5, 0.6) is 0 Å². The number of nitro benzene ring substituents is 1. The number of nitrogens with two attached hydrogens (primary N) is 1. The van der Waals surface area contributed by atoms with Crippen molar-refractivity contribution in [3.05, 3.63) is 106 Å². The lowest BCUT2D eigenvalue weighted by atomic mass is 9.76. The Morgan fingerprint density at radius 2 is 1.71 bits per heavy atom. The lowest BCUT2D eigenvalue weighted by Crippen LogP contribution is -2.31. The normalized spacial score (nSPS) is 24.4. The zero-order valence-corrected chi connectivity index (χ0v) is 22.4. The number of hydrogen-bond acceptors (Lipinski definition) is 6. The molecular weight excluding hydrogens is 542 g/mol. The van der Waals surface area contributed by atoms with E-state index in [0.717, 1.165) is 27.6 Å². The molecule has 0 bridgehead atoms. The summed E-state index contributed by atoms with van der Waals surface area (Å²) in [5, 5.41) is 22.6. The number of primary sulfonamides is 1. The molecule has 0 unspecified atom stereocenters. The first-order valence-corrected chi connectivity index (χ1v) is 15.0. The maximum absolute atomic E-state index is 12.2. The molecule has 2 aliphatic rings. The van der Waals surface area contributed by atoms with E-state index in [2.05, 4.69) is 29.6 Å². The Morgan fingerprint density at radius 1 is 0.974 bits per heavy atom. The predicted octanol–water partition coefficient (Wildman–Crippen LogP) is 6.43. The van der Waals surface area contributed by atoms with Gasteiger partial charge in [0.25, 0.3) is 5.69 Å². The summed E-state index contributed by atoms with van der Waals surface area (Å²) in [4.78, 5) is 11.9. The Hall–Kier alpha value is -3.11. The van der Waals surface area contributed by atoms with Gasteiger partial charge in [0, 0.05) is 22.9 Å². The summed E-state index contributed by atoms with van der Waals surface area (Å²) in [6, 6.07) is 26.0. The molecule has 4 aromatic rings. The molecule has 1 aliphatic carbocycles. The van der Waals surface area contributed by atoms with Crippen LogP contribution in [0.3, 0.4) is 0 Å². The molecule has 0 saturated heterocycles. The van der Waals surface area contributed by atoms with Gasteiger partial charge in [-0.1, -0.05) is 54.6 Å². The zero-order chi connectivity index (χ0) is 26.6. The monoisotopic (exact) mass is 565 g/mol. The minimum Gasteiger partial charge on any atom is -0.378 e. The van der Waals surface area contributed by atoms with E-state index < -0.39 is 10.0 Å². The minimum atomic E-state index is -3.91. The van der Waals surface area contributed by atoms with Crippen molar-refractivity contribution in [3.8, 4) is 0 Å². The molecular formula is C28H24ClN3O4S2. The van der Waals surface area contributed by atoms with Crippen LogP contribution in [0, 0.1) is 16.0 Å². The second-order valence-electron chi connectivity index (χ2n) is 9.74. The average Bonchev–Trinajstić information content (AvgIpc) is 3.23. The zero-order valence-electron chi connectivity index (χ0n) is 20.0. The number of anilines is 1. The molecule has 1 aliphatic heterocycles. The molecule has 5 atom stereocenters. The van der Waals surface area contributed by atoms with Crippen LogP contribution in [-0.4, -0.2) is 24.0 Å². The molecule has 1 fully saturated rings. The Kier molecular flexibility index (Phi) is 6.34. The third-order valence-corrected chi connectivity index (χ3v) is 10.6. The number of sulfonamides is 1. The number of nitrogens with zero attached hydrogens (tertiary/aromatic N) is 1. The number of para-hydroxylation sites is 1. The lowest BCUT2D eigenvalue weighted by Gasteiger charge is -2.39. The highest BCUT2D eigenvalue weighted by Gasteiger charge is 2.50. The van der Waals surface area contributed by atoms with E-state index >= 15 is 0 Å². The number of benzene rings is 4. The number of hydrogen-bond donors (Lipinski definition) is 2. The molecule has 0 spiro atoms. The quantitative estimate of drug-likeness (QED) is 0.163. The van der Waals surface area contributed by atoms with Gasteiger partial charge >= 0.3 is 0 Å². The number of nitrogens with one attached hydrogen (secondary N) is 1. The molecule has 1 heterocycles. The van der Waals surface area contributed by atoms with Gasteiger partial charge in [-0.05, 0) is 58.5 Å². The van der Waals surface area contributed by atoms with Crippen molar-refractivity contribution in [3.63, 3.8) is 0 Å². The minimum absolute atomic E-state index is 0.0202. The number of rotatable bonds is 5. The predicted molar refractivity (Wildman–Crippen MR) is 151 cm³/mol. The summed E-state index contributed by atoms with van der Waals surface area (Å²) in [6.07, 6.45) is 0.690. The standard InChI is InChI=1S/C28H24ClN3O4S2/c29-27-25(37-24-11-4-3-10-23(24)32(33)34)15-21-26(27)20-14-17(38(30,35)36)12-13-22(20)31-28(21)19-9-5-7-16-6-1-2-8-18(16)19/h1-14,21,25-28,31H,15H2,(H2,30,35,36)/t21-,25+,26-,27+,28-/m0/s1. The van der Waals surface area contributed by atoms with E-state index in [1.807, 2.05) is 18.2 Å². The maximum atomic E-state index is 12.2. The first-order valence-electron chi connectivity index (χ1n) is 12.2. The van der Waals surface area contributed by atoms with Crippen molar-refractivity contribution in [1.29, 1.82) is 0 Å². The van der Waals surface area contributed by atoms with Gasteiger partial charge in [-0.15, -0.1) is 23.4 Å². The Bertz CT molecular complexity index is 1670.